The smallest absolute Gasteiger partial charge is 0.220 e. The quantitative estimate of drug-likeness (QED) is 0.770. The molecule has 7 heteroatoms. The number of rotatable bonds is 6. The van der Waals surface area contributed by atoms with Crippen molar-refractivity contribution >= 4 is 6.41 Å². The normalized spacial score (nSPS) is 14.8. The summed E-state index contributed by atoms with van der Waals surface area (Å²) in [4.78, 5) is 23.8. The Morgan fingerprint density at radius 2 is 1.68 bits per heavy atom. The van der Waals surface area contributed by atoms with Crippen molar-refractivity contribution in [3.8, 4) is 34.1 Å². The first kappa shape index (κ1) is 19.5. The molecule has 1 aliphatic rings. The predicted octanol–water partition coefficient (Wildman–Crippen LogP) is 2.48. The highest BCUT2D eigenvalue weighted by atomic mass is 16.5. The Balaban J connectivity index is 2.43. The summed E-state index contributed by atoms with van der Waals surface area (Å²) >= 11 is 0. The molecule has 148 valence electrons. The maximum atomic E-state index is 12.6. The van der Waals surface area contributed by atoms with Crippen LogP contribution in [0.2, 0.25) is 0 Å². The van der Waals surface area contributed by atoms with E-state index < -0.39 is 0 Å². The van der Waals surface area contributed by atoms with Gasteiger partial charge in [0.2, 0.25) is 17.6 Å². The molecule has 0 radical (unpaired) electrons. The standard InChI is InChI=1S/C21H23NO6/c1-25-17-8-6-13-14(10-16(17)24)15(22-11-23)7-5-12-9-18(26-2)20(27-3)21(28-4)19(12)13/h6,8-11,15H,5,7H2,1-4H3,(H,22,23). The fraction of sp³-hybridized carbons (Fsp3) is 0.333. The van der Waals surface area contributed by atoms with Crippen molar-refractivity contribution in [3.05, 3.63) is 45.6 Å². The molecule has 0 fully saturated rings. The summed E-state index contributed by atoms with van der Waals surface area (Å²) in [5.74, 6) is 1.77. The lowest BCUT2D eigenvalue weighted by Crippen LogP contribution is -2.20. The molecule has 1 N–H and O–H groups in total. The molecule has 0 aromatic heterocycles. The first-order valence-electron chi connectivity index (χ1n) is 8.83. The summed E-state index contributed by atoms with van der Waals surface area (Å²) in [5.41, 5.74) is 2.99. The van der Waals surface area contributed by atoms with Crippen molar-refractivity contribution in [3.63, 3.8) is 0 Å². The van der Waals surface area contributed by atoms with E-state index in [0.717, 1.165) is 16.7 Å². The van der Waals surface area contributed by atoms with Crippen LogP contribution in [-0.2, 0) is 11.2 Å². The fourth-order valence-corrected chi connectivity index (χ4v) is 3.72. The lowest BCUT2D eigenvalue weighted by molar-refractivity contribution is -0.110. The van der Waals surface area contributed by atoms with Gasteiger partial charge in [0, 0.05) is 5.56 Å². The third-order valence-electron chi connectivity index (χ3n) is 4.99. The average Bonchev–Trinajstić information content (AvgIpc) is 2.95. The summed E-state index contributed by atoms with van der Waals surface area (Å²) in [6.07, 6.45) is 1.92. The van der Waals surface area contributed by atoms with Crippen LogP contribution in [0.4, 0.5) is 0 Å². The SMILES string of the molecule is COc1cc2c(c(OC)c1OC)-c1ccc(OC)c(=O)cc1C(NC=O)CC2. The molecule has 2 aromatic carbocycles. The van der Waals surface area contributed by atoms with Crippen LogP contribution in [0.15, 0.2) is 29.1 Å². The van der Waals surface area contributed by atoms with Gasteiger partial charge in [0.15, 0.2) is 17.2 Å². The summed E-state index contributed by atoms with van der Waals surface area (Å²) in [6.45, 7) is 0. The highest BCUT2D eigenvalue weighted by Crippen LogP contribution is 2.50. The molecule has 1 unspecified atom stereocenters. The lowest BCUT2D eigenvalue weighted by Gasteiger charge is -2.19. The van der Waals surface area contributed by atoms with Gasteiger partial charge in [-0.05, 0) is 47.7 Å². The monoisotopic (exact) mass is 385 g/mol. The van der Waals surface area contributed by atoms with Gasteiger partial charge in [0.05, 0.1) is 34.5 Å². The van der Waals surface area contributed by atoms with Crippen molar-refractivity contribution in [1.29, 1.82) is 0 Å². The van der Waals surface area contributed by atoms with E-state index >= 15 is 0 Å². The molecule has 1 aliphatic carbocycles. The van der Waals surface area contributed by atoms with Gasteiger partial charge < -0.3 is 24.3 Å². The third kappa shape index (κ3) is 3.24. The van der Waals surface area contributed by atoms with Crippen LogP contribution in [0.3, 0.4) is 0 Å². The van der Waals surface area contributed by atoms with E-state index in [1.165, 1.54) is 13.2 Å². The van der Waals surface area contributed by atoms with Crippen LogP contribution in [0.1, 0.15) is 23.6 Å². The first-order chi connectivity index (χ1) is 13.6. The minimum absolute atomic E-state index is 0.221. The van der Waals surface area contributed by atoms with Gasteiger partial charge in [0.1, 0.15) is 0 Å². The minimum atomic E-state index is -0.327. The van der Waals surface area contributed by atoms with Crippen molar-refractivity contribution in [1.82, 2.24) is 5.32 Å². The molecule has 1 amide bonds. The van der Waals surface area contributed by atoms with Gasteiger partial charge >= 0.3 is 0 Å². The van der Waals surface area contributed by atoms with E-state index in [1.807, 2.05) is 12.1 Å². The van der Waals surface area contributed by atoms with Gasteiger partial charge in [-0.3, -0.25) is 9.59 Å². The van der Waals surface area contributed by atoms with Crippen molar-refractivity contribution in [2.24, 2.45) is 0 Å². The molecule has 0 bridgehead atoms. The second kappa shape index (κ2) is 8.21. The number of nitrogens with one attached hydrogen (secondary N) is 1. The van der Waals surface area contributed by atoms with Crippen LogP contribution in [0, 0.1) is 0 Å². The molecule has 28 heavy (non-hydrogen) atoms. The number of ether oxygens (including phenoxy) is 4. The van der Waals surface area contributed by atoms with E-state index in [4.69, 9.17) is 18.9 Å². The zero-order valence-corrected chi connectivity index (χ0v) is 16.3. The second-order valence-electron chi connectivity index (χ2n) is 6.33. The molecule has 0 saturated heterocycles. The van der Waals surface area contributed by atoms with Crippen LogP contribution in [-0.4, -0.2) is 34.8 Å². The number of amides is 1. The maximum absolute atomic E-state index is 12.6. The number of hydrogen-bond acceptors (Lipinski definition) is 6. The molecule has 0 heterocycles. The number of aryl methyl sites for hydroxylation is 1. The Morgan fingerprint density at radius 1 is 0.964 bits per heavy atom. The number of methoxy groups -OCH3 is 4. The van der Waals surface area contributed by atoms with Crippen LogP contribution >= 0.6 is 0 Å². The Labute approximate surface area is 163 Å². The van der Waals surface area contributed by atoms with Crippen LogP contribution < -0.4 is 29.7 Å². The molecule has 0 spiro atoms. The predicted molar refractivity (Wildman–Crippen MR) is 105 cm³/mol. The molecule has 1 atom stereocenters. The molecular formula is C21H23NO6. The molecule has 0 saturated carbocycles. The Bertz CT molecular complexity index is 956. The summed E-state index contributed by atoms with van der Waals surface area (Å²) in [5, 5.41) is 2.83. The van der Waals surface area contributed by atoms with Crippen LogP contribution in [0.25, 0.3) is 11.1 Å². The first-order valence-corrected chi connectivity index (χ1v) is 8.83. The zero-order chi connectivity index (χ0) is 20.3. The van der Waals surface area contributed by atoms with E-state index in [0.29, 0.717) is 42.1 Å². The number of benzene rings is 1. The number of fused-ring (bicyclic) bond motifs is 3. The second-order valence-corrected chi connectivity index (χ2v) is 6.33. The van der Waals surface area contributed by atoms with Gasteiger partial charge in [0.25, 0.3) is 0 Å². The average molecular weight is 385 g/mol. The van der Waals surface area contributed by atoms with E-state index in [2.05, 4.69) is 5.32 Å². The molecule has 3 rings (SSSR count). The Hall–Kier alpha value is -3.22. The third-order valence-corrected chi connectivity index (χ3v) is 4.99. The van der Waals surface area contributed by atoms with Crippen molar-refractivity contribution in [2.45, 2.75) is 18.9 Å². The molecule has 2 aromatic rings. The van der Waals surface area contributed by atoms with E-state index in [1.54, 1.807) is 27.4 Å². The number of hydrogen-bond donors (Lipinski definition) is 1. The number of carbonyl (C=O) groups excluding carboxylic acids is 1. The lowest BCUT2D eigenvalue weighted by atomic mass is 9.95. The van der Waals surface area contributed by atoms with Gasteiger partial charge in [-0.2, -0.15) is 0 Å². The van der Waals surface area contributed by atoms with Crippen LogP contribution in [0.5, 0.6) is 23.0 Å². The summed E-state index contributed by atoms with van der Waals surface area (Å²) in [6, 6.07) is 6.54. The highest BCUT2D eigenvalue weighted by Gasteiger charge is 2.28. The summed E-state index contributed by atoms with van der Waals surface area (Å²) < 4.78 is 21.9. The Morgan fingerprint density at radius 3 is 2.29 bits per heavy atom. The van der Waals surface area contributed by atoms with Gasteiger partial charge in [-0.15, -0.1) is 0 Å². The topological polar surface area (TPSA) is 83.1 Å². The van der Waals surface area contributed by atoms with E-state index in [9.17, 15) is 9.59 Å². The largest absolute Gasteiger partial charge is 0.493 e. The van der Waals surface area contributed by atoms with Gasteiger partial charge in [-0.25, -0.2) is 0 Å². The zero-order valence-electron chi connectivity index (χ0n) is 16.3. The minimum Gasteiger partial charge on any atom is -0.493 e. The van der Waals surface area contributed by atoms with Crippen molar-refractivity contribution in [2.75, 3.05) is 28.4 Å². The summed E-state index contributed by atoms with van der Waals surface area (Å²) in [7, 11) is 6.13. The molecule has 0 aliphatic heterocycles. The highest BCUT2D eigenvalue weighted by molar-refractivity contribution is 5.82. The number of carbonyl (C=O) groups is 1. The Kier molecular flexibility index (Phi) is 5.73. The fourth-order valence-electron chi connectivity index (χ4n) is 3.72. The maximum Gasteiger partial charge on any atom is 0.220 e. The van der Waals surface area contributed by atoms with E-state index in [-0.39, 0.29) is 17.2 Å². The van der Waals surface area contributed by atoms with Crippen molar-refractivity contribution < 1.29 is 23.7 Å². The molecular weight excluding hydrogens is 362 g/mol. The molecule has 7 nitrogen and oxygen atoms in total. The van der Waals surface area contributed by atoms with Gasteiger partial charge in [-0.1, -0.05) is 6.07 Å².